The maximum Gasteiger partial charge on any atom is 0.0928 e. The lowest BCUT2D eigenvalue weighted by Crippen LogP contribution is -2.17. The molecule has 0 amide bonds. The largest absolute Gasteiger partial charge is 0.322 e. The standard InChI is InChI=1S/C10H18N2S/c1-4-5-9-12-8(6-13-9)10(11)7(2)3/h6-7,10H,4-5,11H2,1-3H3. The number of rotatable bonds is 4. The highest BCUT2D eigenvalue weighted by atomic mass is 32.1. The molecular formula is C10H18N2S. The maximum absolute atomic E-state index is 5.99. The van der Waals surface area contributed by atoms with Gasteiger partial charge in [0.1, 0.15) is 0 Å². The first-order valence-electron chi connectivity index (χ1n) is 4.85. The van der Waals surface area contributed by atoms with E-state index in [1.807, 2.05) is 0 Å². The smallest absolute Gasteiger partial charge is 0.0928 e. The average Bonchev–Trinajstić information content (AvgIpc) is 2.52. The molecule has 1 aromatic heterocycles. The van der Waals surface area contributed by atoms with E-state index in [4.69, 9.17) is 5.73 Å². The van der Waals surface area contributed by atoms with Gasteiger partial charge in [0.05, 0.1) is 16.7 Å². The molecule has 0 fully saturated rings. The molecule has 1 heterocycles. The minimum Gasteiger partial charge on any atom is -0.322 e. The fraction of sp³-hybridized carbons (Fsp3) is 0.700. The third-order valence-electron chi connectivity index (χ3n) is 2.09. The Hall–Kier alpha value is -0.410. The minimum atomic E-state index is 0.0989. The van der Waals surface area contributed by atoms with Crippen LogP contribution in [0.4, 0.5) is 0 Å². The van der Waals surface area contributed by atoms with E-state index in [-0.39, 0.29) is 6.04 Å². The van der Waals surface area contributed by atoms with Crippen LogP contribution in [0.5, 0.6) is 0 Å². The summed E-state index contributed by atoms with van der Waals surface area (Å²) in [5, 5.41) is 3.31. The van der Waals surface area contributed by atoms with E-state index in [0.29, 0.717) is 5.92 Å². The van der Waals surface area contributed by atoms with Gasteiger partial charge in [-0.25, -0.2) is 4.98 Å². The average molecular weight is 198 g/mol. The summed E-state index contributed by atoms with van der Waals surface area (Å²) in [5.41, 5.74) is 7.05. The molecule has 2 nitrogen and oxygen atoms in total. The number of hydrogen-bond donors (Lipinski definition) is 1. The van der Waals surface area contributed by atoms with Crippen molar-refractivity contribution in [3.63, 3.8) is 0 Å². The Morgan fingerprint density at radius 1 is 1.54 bits per heavy atom. The van der Waals surface area contributed by atoms with E-state index in [1.54, 1.807) is 11.3 Å². The fourth-order valence-corrected chi connectivity index (χ4v) is 2.10. The molecule has 0 aliphatic rings. The van der Waals surface area contributed by atoms with Crippen molar-refractivity contribution in [1.29, 1.82) is 0 Å². The van der Waals surface area contributed by atoms with Crippen LogP contribution in [0.15, 0.2) is 5.38 Å². The zero-order valence-electron chi connectivity index (χ0n) is 8.58. The predicted octanol–water partition coefficient (Wildman–Crippen LogP) is 2.75. The van der Waals surface area contributed by atoms with Crippen LogP contribution in [0.25, 0.3) is 0 Å². The third kappa shape index (κ3) is 2.78. The molecule has 0 bridgehead atoms. The first-order valence-corrected chi connectivity index (χ1v) is 5.73. The van der Waals surface area contributed by atoms with E-state index < -0.39 is 0 Å². The lowest BCUT2D eigenvalue weighted by molar-refractivity contribution is 0.504. The van der Waals surface area contributed by atoms with Crippen molar-refractivity contribution in [1.82, 2.24) is 4.98 Å². The maximum atomic E-state index is 5.99. The lowest BCUT2D eigenvalue weighted by atomic mass is 10.0. The van der Waals surface area contributed by atoms with Gasteiger partial charge in [-0.2, -0.15) is 0 Å². The number of aromatic nitrogens is 1. The molecule has 13 heavy (non-hydrogen) atoms. The first-order chi connectivity index (χ1) is 6.15. The molecular weight excluding hydrogens is 180 g/mol. The Balaban J connectivity index is 2.67. The summed E-state index contributed by atoms with van der Waals surface area (Å²) in [6, 6.07) is 0.0989. The summed E-state index contributed by atoms with van der Waals surface area (Å²) in [4.78, 5) is 4.51. The van der Waals surface area contributed by atoms with Crippen molar-refractivity contribution >= 4 is 11.3 Å². The SMILES string of the molecule is CCCc1nc(C(N)C(C)C)cs1. The van der Waals surface area contributed by atoms with Crippen LogP contribution in [-0.2, 0) is 6.42 Å². The Morgan fingerprint density at radius 2 is 2.23 bits per heavy atom. The van der Waals surface area contributed by atoms with Gasteiger partial charge in [-0.05, 0) is 18.8 Å². The van der Waals surface area contributed by atoms with Gasteiger partial charge in [-0.15, -0.1) is 11.3 Å². The summed E-state index contributed by atoms with van der Waals surface area (Å²) in [5.74, 6) is 0.469. The second kappa shape index (κ2) is 4.72. The van der Waals surface area contributed by atoms with Crippen LogP contribution in [-0.4, -0.2) is 4.98 Å². The van der Waals surface area contributed by atoms with E-state index >= 15 is 0 Å². The van der Waals surface area contributed by atoms with E-state index in [0.717, 1.165) is 18.5 Å². The van der Waals surface area contributed by atoms with E-state index in [1.165, 1.54) is 5.01 Å². The van der Waals surface area contributed by atoms with Crippen molar-refractivity contribution in [2.24, 2.45) is 11.7 Å². The summed E-state index contributed by atoms with van der Waals surface area (Å²) in [6.07, 6.45) is 2.24. The molecule has 1 aromatic rings. The normalized spacial score (nSPS) is 13.6. The Morgan fingerprint density at radius 3 is 2.77 bits per heavy atom. The van der Waals surface area contributed by atoms with Crippen molar-refractivity contribution in [2.45, 2.75) is 39.7 Å². The molecule has 0 aliphatic heterocycles. The summed E-state index contributed by atoms with van der Waals surface area (Å²) in [7, 11) is 0. The quantitative estimate of drug-likeness (QED) is 0.808. The Kier molecular flexibility index (Phi) is 3.88. The number of aryl methyl sites for hydroxylation is 1. The van der Waals surface area contributed by atoms with Gasteiger partial charge in [0.2, 0.25) is 0 Å². The fourth-order valence-electron chi connectivity index (χ4n) is 1.15. The Labute approximate surface area is 84.2 Å². The molecule has 1 unspecified atom stereocenters. The highest BCUT2D eigenvalue weighted by molar-refractivity contribution is 7.09. The van der Waals surface area contributed by atoms with Gasteiger partial charge in [0, 0.05) is 5.38 Å². The molecule has 0 saturated heterocycles. The van der Waals surface area contributed by atoms with Gasteiger partial charge in [-0.1, -0.05) is 20.8 Å². The van der Waals surface area contributed by atoms with Gasteiger partial charge >= 0.3 is 0 Å². The molecule has 74 valence electrons. The molecule has 0 aromatic carbocycles. The third-order valence-corrected chi connectivity index (χ3v) is 3.02. The molecule has 1 atom stereocenters. The van der Waals surface area contributed by atoms with Crippen LogP contribution < -0.4 is 5.73 Å². The van der Waals surface area contributed by atoms with Crippen LogP contribution in [0, 0.1) is 5.92 Å². The van der Waals surface area contributed by atoms with Gasteiger partial charge < -0.3 is 5.73 Å². The topological polar surface area (TPSA) is 38.9 Å². The van der Waals surface area contributed by atoms with Crippen molar-refractivity contribution < 1.29 is 0 Å². The summed E-state index contributed by atoms with van der Waals surface area (Å²) in [6.45, 7) is 6.43. The minimum absolute atomic E-state index is 0.0989. The lowest BCUT2D eigenvalue weighted by Gasteiger charge is -2.11. The number of nitrogens with two attached hydrogens (primary N) is 1. The summed E-state index contributed by atoms with van der Waals surface area (Å²) >= 11 is 1.73. The monoisotopic (exact) mass is 198 g/mol. The number of thiazole rings is 1. The first kappa shape index (κ1) is 10.7. The second-order valence-electron chi connectivity index (χ2n) is 3.69. The van der Waals surface area contributed by atoms with E-state index in [2.05, 4.69) is 31.1 Å². The number of nitrogens with zero attached hydrogens (tertiary/aromatic N) is 1. The molecule has 0 radical (unpaired) electrons. The molecule has 0 saturated carbocycles. The molecule has 1 rings (SSSR count). The van der Waals surface area contributed by atoms with Crippen LogP contribution in [0.1, 0.15) is 43.9 Å². The zero-order chi connectivity index (χ0) is 9.84. The van der Waals surface area contributed by atoms with Gasteiger partial charge in [0.15, 0.2) is 0 Å². The number of hydrogen-bond acceptors (Lipinski definition) is 3. The second-order valence-corrected chi connectivity index (χ2v) is 4.63. The molecule has 3 heteroatoms. The predicted molar refractivity (Wildman–Crippen MR) is 57.9 cm³/mol. The highest BCUT2D eigenvalue weighted by Crippen LogP contribution is 2.21. The summed E-state index contributed by atoms with van der Waals surface area (Å²) < 4.78 is 0. The molecule has 0 aliphatic carbocycles. The van der Waals surface area contributed by atoms with Crippen molar-refractivity contribution in [3.8, 4) is 0 Å². The Bertz CT molecular complexity index is 255. The molecule has 0 spiro atoms. The van der Waals surface area contributed by atoms with Crippen molar-refractivity contribution in [2.75, 3.05) is 0 Å². The van der Waals surface area contributed by atoms with Crippen molar-refractivity contribution in [3.05, 3.63) is 16.1 Å². The van der Waals surface area contributed by atoms with Crippen LogP contribution in [0.2, 0.25) is 0 Å². The molecule has 2 N–H and O–H groups in total. The van der Waals surface area contributed by atoms with Crippen LogP contribution in [0.3, 0.4) is 0 Å². The zero-order valence-corrected chi connectivity index (χ0v) is 9.40. The van der Waals surface area contributed by atoms with Gasteiger partial charge in [0.25, 0.3) is 0 Å². The van der Waals surface area contributed by atoms with Crippen LogP contribution >= 0.6 is 11.3 Å². The highest BCUT2D eigenvalue weighted by Gasteiger charge is 2.13. The van der Waals surface area contributed by atoms with Gasteiger partial charge in [-0.3, -0.25) is 0 Å². The van der Waals surface area contributed by atoms with E-state index in [9.17, 15) is 0 Å².